The molecule has 0 aliphatic rings. The van der Waals surface area contributed by atoms with Crippen LogP contribution in [0, 0.1) is 0 Å². The number of amides is 1. The van der Waals surface area contributed by atoms with Crippen molar-refractivity contribution in [3.8, 4) is 5.75 Å². The van der Waals surface area contributed by atoms with Gasteiger partial charge in [-0.15, -0.1) is 0 Å². The zero-order valence-corrected chi connectivity index (χ0v) is 12.4. The zero-order valence-electron chi connectivity index (χ0n) is 10.8. The molecule has 2 rings (SSSR count). The molecule has 0 radical (unpaired) electrons. The molecule has 0 aliphatic carbocycles. The van der Waals surface area contributed by atoms with Gasteiger partial charge in [0.15, 0.2) is 0 Å². The summed E-state index contributed by atoms with van der Waals surface area (Å²) in [5.74, 6) is -0.105. The predicted octanol–water partition coefficient (Wildman–Crippen LogP) is 3.31. The number of carbonyl (C=O) groups excluding carboxylic acids is 1. The highest BCUT2D eigenvalue weighted by Crippen LogP contribution is 2.26. The average molecular weight is 335 g/mol. The monoisotopic (exact) mass is 334 g/mol. The standard InChI is InChI=1S/C15H15BrN2O2/c16-11-5-6-14(19)13(9-11)18-15(20)7-4-10-2-1-3-12(17)8-10/h1-3,5-6,8-9,19H,4,7,17H2,(H,18,20). The molecule has 20 heavy (non-hydrogen) atoms. The molecule has 1 amide bonds. The number of carbonyl (C=O) groups is 1. The van der Waals surface area contributed by atoms with E-state index in [1.54, 1.807) is 12.1 Å². The molecule has 4 nitrogen and oxygen atoms in total. The van der Waals surface area contributed by atoms with Crippen LogP contribution in [-0.2, 0) is 11.2 Å². The Bertz CT molecular complexity index is 629. The molecule has 4 N–H and O–H groups in total. The molecule has 0 saturated carbocycles. The van der Waals surface area contributed by atoms with Crippen molar-refractivity contribution in [2.24, 2.45) is 0 Å². The Kier molecular flexibility index (Phi) is 4.63. The topological polar surface area (TPSA) is 75.4 Å². The minimum atomic E-state index is -0.152. The van der Waals surface area contributed by atoms with Gasteiger partial charge in [-0.1, -0.05) is 28.1 Å². The molecule has 2 aromatic carbocycles. The maximum Gasteiger partial charge on any atom is 0.224 e. The summed E-state index contributed by atoms with van der Waals surface area (Å²) in [6.45, 7) is 0. The molecule has 0 aromatic heterocycles. The van der Waals surface area contributed by atoms with Gasteiger partial charge >= 0.3 is 0 Å². The summed E-state index contributed by atoms with van der Waals surface area (Å²) in [5.41, 5.74) is 7.79. The number of phenols is 1. The van der Waals surface area contributed by atoms with E-state index in [4.69, 9.17) is 5.73 Å². The molecule has 0 spiro atoms. The van der Waals surface area contributed by atoms with Crippen LogP contribution < -0.4 is 11.1 Å². The first-order valence-electron chi connectivity index (χ1n) is 6.17. The van der Waals surface area contributed by atoms with Gasteiger partial charge < -0.3 is 16.2 Å². The zero-order chi connectivity index (χ0) is 14.5. The Balaban J connectivity index is 1.94. The van der Waals surface area contributed by atoms with Crippen molar-refractivity contribution in [1.82, 2.24) is 0 Å². The highest BCUT2D eigenvalue weighted by molar-refractivity contribution is 9.10. The number of nitrogens with one attached hydrogen (secondary N) is 1. The summed E-state index contributed by atoms with van der Waals surface area (Å²) in [6, 6.07) is 12.3. The molecule has 0 atom stereocenters. The minimum Gasteiger partial charge on any atom is -0.506 e. The highest BCUT2D eigenvalue weighted by Gasteiger charge is 2.07. The van der Waals surface area contributed by atoms with Crippen LogP contribution in [0.2, 0.25) is 0 Å². The largest absolute Gasteiger partial charge is 0.506 e. The number of nitrogen functional groups attached to an aromatic ring is 1. The van der Waals surface area contributed by atoms with Gasteiger partial charge in [-0.05, 0) is 42.3 Å². The van der Waals surface area contributed by atoms with Crippen molar-refractivity contribution < 1.29 is 9.90 Å². The van der Waals surface area contributed by atoms with Crippen molar-refractivity contribution in [3.05, 3.63) is 52.5 Å². The third-order valence-electron chi connectivity index (χ3n) is 2.82. The van der Waals surface area contributed by atoms with Crippen LogP contribution >= 0.6 is 15.9 Å². The second-order valence-corrected chi connectivity index (χ2v) is 5.37. The molecule has 5 heteroatoms. The predicted molar refractivity (Wildman–Crippen MR) is 83.6 cm³/mol. The van der Waals surface area contributed by atoms with E-state index < -0.39 is 0 Å². The highest BCUT2D eigenvalue weighted by atomic mass is 79.9. The Hall–Kier alpha value is -2.01. The van der Waals surface area contributed by atoms with Crippen LogP contribution in [0.15, 0.2) is 46.9 Å². The Morgan fingerprint density at radius 3 is 2.80 bits per heavy atom. The lowest BCUT2D eigenvalue weighted by molar-refractivity contribution is -0.116. The minimum absolute atomic E-state index is 0.0468. The molecular formula is C15H15BrN2O2. The number of hydrogen-bond acceptors (Lipinski definition) is 3. The molecule has 0 fully saturated rings. The van der Waals surface area contributed by atoms with Crippen LogP contribution in [0.1, 0.15) is 12.0 Å². The van der Waals surface area contributed by atoms with Crippen LogP contribution in [-0.4, -0.2) is 11.0 Å². The molecule has 0 heterocycles. The molecular weight excluding hydrogens is 320 g/mol. The van der Waals surface area contributed by atoms with E-state index in [1.807, 2.05) is 24.3 Å². The normalized spacial score (nSPS) is 10.2. The van der Waals surface area contributed by atoms with E-state index >= 15 is 0 Å². The number of rotatable bonds is 4. The van der Waals surface area contributed by atoms with Gasteiger partial charge in [-0.25, -0.2) is 0 Å². The van der Waals surface area contributed by atoms with E-state index in [0.717, 1.165) is 10.0 Å². The number of anilines is 2. The van der Waals surface area contributed by atoms with Crippen molar-refractivity contribution >= 4 is 33.2 Å². The average Bonchev–Trinajstić information content (AvgIpc) is 2.41. The van der Waals surface area contributed by atoms with Gasteiger partial charge in [0, 0.05) is 16.6 Å². The van der Waals surface area contributed by atoms with Crippen molar-refractivity contribution in [2.75, 3.05) is 11.1 Å². The van der Waals surface area contributed by atoms with Crippen LogP contribution in [0.25, 0.3) is 0 Å². The quantitative estimate of drug-likeness (QED) is 0.593. The number of aryl methyl sites for hydroxylation is 1. The number of nitrogens with two attached hydrogens (primary N) is 1. The first-order valence-corrected chi connectivity index (χ1v) is 6.96. The molecule has 0 unspecified atom stereocenters. The fourth-order valence-electron chi connectivity index (χ4n) is 1.83. The van der Waals surface area contributed by atoms with Crippen LogP contribution in [0.5, 0.6) is 5.75 Å². The smallest absolute Gasteiger partial charge is 0.224 e. The van der Waals surface area contributed by atoms with Gasteiger partial charge in [-0.2, -0.15) is 0 Å². The maximum atomic E-state index is 11.9. The summed E-state index contributed by atoms with van der Waals surface area (Å²) in [6.07, 6.45) is 0.932. The van der Waals surface area contributed by atoms with E-state index in [-0.39, 0.29) is 11.7 Å². The summed E-state index contributed by atoms with van der Waals surface area (Å²) in [5, 5.41) is 12.3. The van der Waals surface area contributed by atoms with Gasteiger partial charge in [0.25, 0.3) is 0 Å². The fraction of sp³-hybridized carbons (Fsp3) is 0.133. The number of phenolic OH excluding ortho intramolecular Hbond substituents is 1. The van der Waals surface area contributed by atoms with Gasteiger partial charge in [0.05, 0.1) is 5.69 Å². The Morgan fingerprint density at radius 2 is 2.05 bits per heavy atom. The first-order chi connectivity index (χ1) is 9.54. The maximum absolute atomic E-state index is 11.9. The van der Waals surface area contributed by atoms with E-state index in [9.17, 15) is 9.90 Å². The number of benzene rings is 2. The summed E-state index contributed by atoms with van der Waals surface area (Å²) in [4.78, 5) is 11.9. The summed E-state index contributed by atoms with van der Waals surface area (Å²) >= 11 is 3.29. The number of halogens is 1. The molecule has 0 saturated heterocycles. The van der Waals surface area contributed by atoms with Crippen molar-refractivity contribution in [1.29, 1.82) is 0 Å². The second kappa shape index (κ2) is 6.43. The number of hydrogen-bond donors (Lipinski definition) is 3. The molecule has 0 bridgehead atoms. The first kappa shape index (κ1) is 14.4. The summed E-state index contributed by atoms with van der Waals surface area (Å²) in [7, 11) is 0. The third-order valence-corrected chi connectivity index (χ3v) is 3.32. The lowest BCUT2D eigenvalue weighted by atomic mass is 10.1. The molecule has 2 aromatic rings. The van der Waals surface area contributed by atoms with Crippen LogP contribution in [0.3, 0.4) is 0 Å². The fourth-order valence-corrected chi connectivity index (χ4v) is 2.19. The van der Waals surface area contributed by atoms with Crippen LogP contribution in [0.4, 0.5) is 11.4 Å². The van der Waals surface area contributed by atoms with E-state index in [2.05, 4.69) is 21.2 Å². The van der Waals surface area contributed by atoms with Gasteiger partial charge in [-0.3, -0.25) is 4.79 Å². The van der Waals surface area contributed by atoms with E-state index in [0.29, 0.717) is 24.2 Å². The SMILES string of the molecule is Nc1cccc(CCC(=O)Nc2cc(Br)ccc2O)c1. The second-order valence-electron chi connectivity index (χ2n) is 4.45. The van der Waals surface area contributed by atoms with Gasteiger partial charge in [0.2, 0.25) is 5.91 Å². The van der Waals surface area contributed by atoms with Crippen molar-refractivity contribution in [3.63, 3.8) is 0 Å². The molecule has 104 valence electrons. The Labute approximate surface area is 125 Å². The Morgan fingerprint density at radius 1 is 1.25 bits per heavy atom. The third kappa shape index (κ3) is 3.99. The lowest BCUT2D eigenvalue weighted by Crippen LogP contribution is -2.12. The lowest BCUT2D eigenvalue weighted by Gasteiger charge is -2.08. The molecule has 0 aliphatic heterocycles. The number of aromatic hydroxyl groups is 1. The van der Waals surface area contributed by atoms with Gasteiger partial charge in [0.1, 0.15) is 5.75 Å². The summed E-state index contributed by atoms with van der Waals surface area (Å²) < 4.78 is 0.793. The van der Waals surface area contributed by atoms with Crippen molar-refractivity contribution in [2.45, 2.75) is 12.8 Å². The van der Waals surface area contributed by atoms with E-state index in [1.165, 1.54) is 6.07 Å².